The van der Waals surface area contributed by atoms with Gasteiger partial charge in [-0.15, -0.1) is 0 Å². The van der Waals surface area contributed by atoms with Crippen LogP contribution in [-0.2, 0) is 9.53 Å². The molecule has 0 fully saturated rings. The molecule has 6 nitrogen and oxygen atoms in total. The predicted molar refractivity (Wildman–Crippen MR) is 78.8 cm³/mol. The second kappa shape index (κ2) is 7.08. The molecule has 0 aliphatic carbocycles. The number of alkyl carbamates (subject to hydrolysis) is 1. The Morgan fingerprint density at radius 2 is 1.86 bits per heavy atom. The smallest absolute Gasteiger partial charge is 0.408 e. The maximum atomic E-state index is 11.7. The molecule has 0 unspecified atom stereocenters. The summed E-state index contributed by atoms with van der Waals surface area (Å²) >= 11 is 0. The Morgan fingerprint density at radius 3 is 2.33 bits per heavy atom. The van der Waals surface area contributed by atoms with Gasteiger partial charge >= 0.3 is 12.1 Å². The molecule has 0 heterocycles. The van der Waals surface area contributed by atoms with Crippen LogP contribution in [0.4, 0.5) is 4.79 Å². The van der Waals surface area contributed by atoms with Crippen LogP contribution >= 0.6 is 0 Å². The van der Waals surface area contributed by atoms with Gasteiger partial charge in [-0.1, -0.05) is 30.3 Å². The van der Waals surface area contributed by atoms with Crippen LogP contribution in [0.2, 0.25) is 0 Å². The Labute approximate surface area is 124 Å². The van der Waals surface area contributed by atoms with Gasteiger partial charge in [-0.05, 0) is 32.8 Å². The van der Waals surface area contributed by atoms with Gasteiger partial charge in [0.2, 0.25) is 0 Å². The van der Waals surface area contributed by atoms with Crippen molar-refractivity contribution in [1.82, 2.24) is 5.32 Å². The highest BCUT2D eigenvalue weighted by Crippen LogP contribution is 2.16. The van der Waals surface area contributed by atoms with E-state index >= 15 is 0 Å². The number of aliphatic carboxylic acids is 1. The van der Waals surface area contributed by atoms with Crippen LogP contribution in [0.5, 0.6) is 0 Å². The monoisotopic (exact) mass is 294 g/mol. The molecule has 2 atom stereocenters. The first-order chi connectivity index (χ1) is 9.69. The van der Waals surface area contributed by atoms with E-state index in [0.717, 1.165) is 5.56 Å². The van der Waals surface area contributed by atoms with Gasteiger partial charge < -0.3 is 20.9 Å². The number of nitrogens with one attached hydrogen (secondary N) is 1. The normalized spacial score (nSPS) is 14.1. The van der Waals surface area contributed by atoms with Crippen LogP contribution < -0.4 is 11.1 Å². The van der Waals surface area contributed by atoms with Gasteiger partial charge in [0, 0.05) is 6.04 Å². The van der Waals surface area contributed by atoms with Gasteiger partial charge in [0.05, 0.1) is 0 Å². The lowest BCUT2D eigenvalue weighted by Crippen LogP contribution is -2.44. The first-order valence-corrected chi connectivity index (χ1v) is 6.72. The fraction of sp³-hybridized carbons (Fsp3) is 0.467. The van der Waals surface area contributed by atoms with Crippen molar-refractivity contribution in [3.63, 3.8) is 0 Å². The summed E-state index contributed by atoms with van der Waals surface area (Å²) in [6, 6.07) is 7.55. The maximum Gasteiger partial charge on any atom is 0.408 e. The topological polar surface area (TPSA) is 102 Å². The summed E-state index contributed by atoms with van der Waals surface area (Å²) in [5, 5.41) is 11.5. The van der Waals surface area contributed by atoms with Crippen LogP contribution in [0.1, 0.15) is 38.8 Å². The summed E-state index contributed by atoms with van der Waals surface area (Å²) in [5.74, 6) is -1.15. The van der Waals surface area contributed by atoms with Crippen LogP contribution in [0.15, 0.2) is 30.3 Å². The Morgan fingerprint density at radius 1 is 1.29 bits per heavy atom. The van der Waals surface area contributed by atoms with E-state index in [-0.39, 0.29) is 6.42 Å². The molecular formula is C15H22N2O4. The zero-order valence-corrected chi connectivity index (χ0v) is 12.5. The Hall–Kier alpha value is -2.08. The van der Waals surface area contributed by atoms with Gasteiger partial charge in [0.25, 0.3) is 0 Å². The van der Waals surface area contributed by atoms with Crippen molar-refractivity contribution in [2.24, 2.45) is 5.73 Å². The average molecular weight is 294 g/mol. The molecule has 0 aliphatic heterocycles. The van der Waals surface area contributed by atoms with Gasteiger partial charge in [-0.25, -0.2) is 9.59 Å². The van der Waals surface area contributed by atoms with Gasteiger partial charge in [-0.3, -0.25) is 0 Å². The lowest BCUT2D eigenvalue weighted by atomic mass is 10.0. The Balaban J connectivity index is 2.66. The van der Waals surface area contributed by atoms with E-state index in [1.54, 1.807) is 20.8 Å². The number of hydrogen-bond acceptors (Lipinski definition) is 4. The van der Waals surface area contributed by atoms with Crippen molar-refractivity contribution in [3.05, 3.63) is 35.9 Å². The molecule has 1 aromatic carbocycles. The van der Waals surface area contributed by atoms with Crippen molar-refractivity contribution in [3.8, 4) is 0 Å². The second-order valence-corrected chi connectivity index (χ2v) is 5.79. The highest BCUT2D eigenvalue weighted by molar-refractivity contribution is 5.80. The molecule has 0 aromatic heterocycles. The van der Waals surface area contributed by atoms with E-state index in [0.29, 0.717) is 0 Å². The summed E-state index contributed by atoms with van der Waals surface area (Å²) < 4.78 is 5.05. The Kier molecular flexibility index (Phi) is 5.72. The number of nitrogens with two attached hydrogens (primary N) is 1. The predicted octanol–water partition coefficient (Wildman–Crippen LogP) is 2.05. The molecule has 0 aliphatic rings. The summed E-state index contributed by atoms with van der Waals surface area (Å²) in [6.07, 6.45) is -0.686. The van der Waals surface area contributed by atoms with Gasteiger partial charge in [0.1, 0.15) is 11.6 Å². The molecule has 0 saturated carbocycles. The van der Waals surface area contributed by atoms with Crippen LogP contribution in [0.3, 0.4) is 0 Å². The van der Waals surface area contributed by atoms with Crippen LogP contribution in [-0.4, -0.2) is 28.8 Å². The number of carboxylic acids is 1. The number of rotatable bonds is 5. The molecule has 116 valence electrons. The molecule has 0 radical (unpaired) electrons. The molecule has 1 aromatic rings. The minimum atomic E-state index is -1.15. The zero-order chi connectivity index (χ0) is 16.0. The molecule has 0 spiro atoms. The highest BCUT2D eigenvalue weighted by Gasteiger charge is 2.26. The number of carboxylic acid groups (broad SMARTS) is 1. The third-order valence-electron chi connectivity index (χ3n) is 2.71. The quantitative estimate of drug-likeness (QED) is 0.771. The molecule has 6 heteroatoms. The highest BCUT2D eigenvalue weighted by atomic mass is 16.6. The molecular weight excluding hydrogens is 272 g/mol. The summed E-state index contributed by atoms with van der Waals surface area (Å²) in [5.41, 5.74) is 6.11. The van der Waals surface area contributed by atoms with Crippen LogP contribution in [0.25, 0.3) is 0 Å². The first kappa shape index (κ1) is 17.0. The largest absolute Gasteiger partial charge is 0.480 e. The number of carbonyl (C=O) groups is 2. The van der Waals surface area contributed by atoms with Gasteiger partial charge in [0.15, 0.2) is 0 Å². The number of hydrogen-bond donors (Lipinski definition) is 3. The average Bonchev–Trinajstić information content (AvgIpc) is 2.36. The number of benzene rings is 1. The fourth-order valence-electron chi connectivity index (χ4n) is 1.76. The third-order valence-corrected chi connectivity index (χ3v) is 2.71. The SMILES string of the molecule is CC(C)(C)OC(=O)N[C@H](C[C@@H](N)c1ccccc1)C(=O)O. The van der Waals surface area contributed by atoms with Crippen molar-refractivity contribution >= 4 is 12.1 Å². The summed E-state index contributed by atoms with van der Waals surface area (Å²) in [7, 11) is 0. The lowest BCUT2D eigenvalue weighted by Gasteiger charge is -2.23. The fourth-order valence-corrected chi connectivity index (χ4v) is 1.76. The van der Waals surface area contributed by atoms with E-state index < -0.39 is 29.7 Å². The molecule has 0 bridgehead atoms. The first-order valence-electron chi connectivity index (χ1n) is 6.72. The Bertz CT molecular complexity index is 482. The zero-order valence-electron chi connectivity index (χ0n) is 12.5. The van der Waals surface area contributed by atoms with E-state index in [4.69, 9.17) is 10.5 Å². The summed E-state index contributed by atoms with van der Waals surface area (Å²) in [4.78, 5) is 22.9. The number of amides is 1. The van der Waals surface area contributed by atoms with E-state index in [2.05, 4.69) is 5.32 Å². The van der Waals surface area contributed by atoms with Crippen molar-refractivity contribution in [2.45, 2.75) is 44.9 Å². The molecule has 21 heavy (non-hydrogen) atoms. The molecule has 0 saturated heterocycles. The standard InChI is InChI=1S/C15H22N2O4/c1-15(2,3)21-14(20)17-12(13(18)19)9-11(16)10-7-5-4-6-8-10/h4-8,11-12H,9,16H2,1-3H3,(H,17,20)(H,18,19)/t11-,12-/m1/s1. The summed E-state index contributed by atoms with van der Waals surface area (Å²) in [6.45, 7) is 5.12. The van der Waals surface area contributed by atoms with E-state index in [1.807, 2.05) is 30.3 Å². The van der Waals surface area contributed by atoms with E-state index in [1.165, 1.54) is 0 Å². The lowest BCUT2D eigenvalue weighted by molar-refractivity contribution is -0.139. The number of ether oxygens (including phenoxy) is 1. The van der Waals surface area contributed by atoms with Crippen molar-refractivity contribution < 1.29 is 19.4 Å². The number of carbonyl (C=O) groups excluding carboxylic acids is 1. The minimum Gasteiger partial charge on any atom is -0.480 e. The molecule has 1 rings (SSSR count). The van der Waals surface area contributed by atoms with Crippen LogP contribution in [0, 0.1) is 0 Å². The van der Waals surface area contributed by atoms with Crippen molar-refractivity contribution in [2.75, 3.05) is 0 Å². The second-order valence-electron chi connectivity index (χ2n) is 5.79. The maximum absolute atomic E-state index is 11.7. The minimum absolute atomic E-state index is 0.0819. The van der Waals surface area contributed by atoms with Crippen molar-refractivity contribution in [1.29, 1.82) is 0 Å². The molecule has 4 N–H and O–H groups in total. The van der Waals surface area contributed by atoms with E-state index in [9.17, 15) is 14.7 Å². The third kappa shape index (κ3) is 6.27. The molecule has 1 amide bonds. The van der Waals surface area contributed by atoms with Gasteiger partial charge in [-0.2, -0.15) is 0 Å².